The number of aromatic nitrogens is 1. The molecule has 1 aliphatic heterocycles. The highest BCUT2D eigenvalue weighted by Gasteiger charge is 2.25. The molecule has 1 unspecified atom stereocenters. The van der Waals surface area contributed by atoms with Gasteiger partial charge in [-0.25, -0.2) is 0 Å². The lowest BCUT2D eigenvalue weighted by molar-refractivity contribution is -0.121. The molecule has 0 aliphatic carbocycles. The average molecular weight is 357 g/mol. The van der Waals surface area contributed by atoms with E-state index in [0.29, 0.717) is 12.8 Å². The van der Waals surface area contributed by atoms with Crippen molar-refractivity contribution in [3.63, 3.8) is 0 Å². The Balaban J connectivity index is 1.45. The molecule has 1 amide bonds. The zero-order valence-electron chi connectivity index (χ0n) is 15.7. The van der Waals surface area contributed by atoms with Crippen molar-refractivity contribution in [2.45, 2.75) is 45.7 Å². The number of amides is 1. The number of benzene rings is 1. The maximum absolute atomic E-state index is 12.3. The molecule has 140 valence electrons. The quantitative estimate of drug-likeness (QED) is 0.825. The van der Waals surface area contributed by atoms with Crippen LogP contribution in [0.25, 0.3) is 0 Å². The average Bonchev–Trinajstić information content (AvgIpc) is 3.21. The van der Waals surface area contributed by atoms with Gasteiger partial charge < -0.3 is 14.6 Å². The largest absolute Gasteiger partial charge is 0.496 e. The van der Waals surface area contributed by atoms with E-state index in [9.17, 15) is 4.79 Å². The number of nitrogens with zero attached hydrogens (tertiary/aromatic N) is 2. The van der Waals surface area contributed by atoms with Crippen LogP contribution in [0.15, 0.2) is 28.8 Å². The molecule has 6 heteroatoms. The second kappa shape index (κ2) is 8.36. The van der Waals surface area contributed by atoms with E-state index in [2.05, 4.69) is 15.4 Å². The first-order valence-electron chi connectivity index (χ1n) is 9.12. The van der Waals surface area contributed by atoms with Crippen LogP contribution < -0.4 is 10.1 Å². The lowest BCUT2D eigenvalue weighted by Gasteiger charge is -2.16. The van der Waals surface area contributed by atoms with Gasteiger partial charge in [-0.3, -0.25) is 9.69 Å². The van der Waals surface area contributed by atoms with Crippen LogP contribution in [0.1, 0.15) is 35.4 Å². The highest BCUT2D eigenvalue weighted by Crippen LogP contribution is 2.20. The van der Waals surface area contributed by atoms with Crippen LogP contribution >= 0.6 is 0 Å². The van der Waals surface area contributed by atoms with Gasteiger partial charge in [-0.05, 0) is 38.3 Å². The maximum atomic E-state index is 12.3. The molecule has 2 aromatic rings. The molecule has 6 nitrogen and oxygen atoms in total. The van der Waals surface area contributed by atoms with Crippen LogP contribution in [0, 0.1) is 13.8 Å². The maximum Gasteiger partial charge on any atom is 0.220 e. The van der Waals surface area contributed by atoms with Crippen LogP contribution in [0.4, 0.5) is 0 Å². The fourth-order valence-corrected chi connectivity index (χ4v) is 3.50. The second-order valence-electron chi connectivity index (χ2n) is 6.90. The van der Waals surface area contributed by atoms with Crippen LogP contribution in [0.5, 0.6) is 5.75 Å². The Morgan fingerprint density at radius 3 is 2.92 bits per heavy atom. The SMILES string of the molecule is COc1ccccc1CCC(=O)NC1CCN(Cc2c(C)noc2C)C1. The van der Waals surface area contributed by atoms with Crippen molar-refractivity contribution in [1.29, 1.82) is 0 Å². The highest BCUT2D eigenvalue weighted by atomic mass is 16.5. The number of aryl methyl sites for hydroxylation is 3. The number of hydrogen-bond acceptors (Lipinski definition) is 5. The fraction of sp³-hybridized carbons (Fsp3) is 0.500. The number of hydrogen-bond donors (Lipinski definition) is 1. The van der Waals surface area contributed by atoms with Crippen molar-refractivity contribution in [3.05, 3.63) is 46.8 Å². The number of rotatable bonds is 7. The molecule has 1 atom stereocenters. The summed E-state index contributed by atoms with van der Waals surface area (Å²) in [5, 5.41) is 7.18. The molecule has 1 fully saturated rings. The van der Waals surface area contributed by atoms with Gasteiger partial charge in [-0.2, -0.15) is 0 Å². The van der Waals surface area contributed by atoms with Crippen LogP contribution in [-0.4, -0.2) is 42.2 Å². The zero-order chi connectivity index (χ0) is 18.5. The first-order chi connectivity index (χ1) is 12.6. The Bertz CT molecular complexity index is 737. The standard InChI is InChI=1S/C20H27N3O3/c1-14-18(15(2)26-22-14)13-23-11-10-17(12-23)21-20(24)9-8-16-6-4-5-7-19(16)25-3/h4-7,17H,8-13H2,1-3H3,(H,21,24). The second-order valence-corrected chi connectivity index (χ2v) is 6.90. The van der Waals surface area contributed by atoms with Crippen molar-refractivity contribution in [1.82, 2.24) is 15.4 Å². The van der Waals surface area contributed by atoms with Crippen LogP contribution in [-0.2, 0) is 17.8 Å². The minimum absolute atomic E-state index is 0.0973. The van der Waals surface area contributed by atoms with Gasteiger partial charge >= 0.3 is 0 Å². The Kier molecular flexibility index (Phi) is 5.93. The van der Waals surface area contributed by atoms with Crippen LogP contribution in [0.2, 0.25) is 0 Å². The fourth-order valence-electron chi connectivity index (χ4n) is 3.50. The van der Waals surface area contributed by atoms with E-state index in [0.717, 1.165) is 54.4 Å². The molecule has 2 heterocycles. The number of likely N-dealkylation sites (tertiary alicyclic amines) is 1. The topological polar surface area (TPSA) is 67.6 Å². The number of methoxy groups -OCH3 is 1. The molecule has 1 aromatic heterocycles. The Morgan fingerprint density at radius 2 is 2.19 bits per heavy atom. The summed E-state index contributed by atoms with van der Waals surface area (Å²) in [5.74, 6) is 1.82. The van der Waals surface area contributed by atoms with Crippen molar-refractivity contribution in [3.8, 4) is 5.75 Å². The summed E-state index contributed by atoms with van der Waals surface area (Å²) in [4.78, 5) is 14.7. The predicted molar refractivity (Wildman–Crippen MR) is 99.1 cm³/mol. The molecule has 3 rings (SSSR count). The van der Waals surface area contributed by atoms with Crippen molar-refractivity contribution < 1.29 is 14.1 Å². The molecule has 0 saturated carbocycles. The minimum atomic E-state index is 0.0973. The van der Waals surface area contributed by atoms with Gasteiger partial charge in [0, 0.05) is 37.7 Å². The van der Waals surface area contributed by atoms with Crippen LogP contribution in [0.3, 0.4) is 0 Å². The molecule has 1 aliphatic rings. The molecule has 1 saturated heterocycles. The van der Waals surface area contributed by atoms with Gasteiger partial charge in [-0.1, -0.05) is 23.4 Å². The zero-order valence-corrected chi connectivity index (χ0v) is 15.7. The van der Waals surface area contributed by atoms with E-state index in [4.69, 9.17) is 9.26 Å². The summed E-state index contributed by atoms with van der Waals surface area (Å²) in [6.45, 7) is 6.59. The van der Waals surface area contributed by atoms with Gasteiger partial charge in [0.15, 0.2) is 0 Å². The Morgan fingerprint density at radius 1 is 1.38 bits per heavy atom. The summed E-state index contributed by atoms with van der Waals surface area (Å²) in [5.41, 5.74) is 3.18. The molecule has 0 radical (unpaired) electrons. The number of carbonyl (C=O) groups is 1. The van der Waals surface area contributed by atoms with Gasteiger partial charge in [0.25, 0.3) is 0 Å². The number of carbonyl (C=O) groups excluding carboxylic acids is 1. The lowest BCUT2D eigenvalue weighted by atomic mass is 10.1. The third kappa shape index (κ3) is 4.43. The molecule has 0 bridgehead atoms. The third-order valence-corrected chi connectivity index (χ3v) is 5.01. The molecule has 1 aromatic carbocycles. The first-order valence-corrected chi connectivity index (χ1v) is 9.12. The van der Waals surface area contributed by atoms with E-state index in [-0.39, 0.29) is 11.9 Å². The Hall–Kier alpha value is -2.34. The Labute approximate surface area is 154 Å². The predicted octanol–water partition coefficient (Wildman–Crippen LogP) is 2.62. The first kappa shape index (κ1) is 18.5. The summed E-state index contributed by atoms with van der Waals surface area (Å²) in [6.07, 6.45) is 2.13. The van der Waals surface area contributed by atoms with E-state index in [1.807, 2.05) is 38.1 Å². The normalized spacial score (nSPS) is 17.4. The monoisotopic (exact) mass is 357 g/mol. The minimum Gasteiger partial charge on any atom is -0.496 e. The van der Waals surface area contributed by atoms with Gasteiger partial charge in [-0.15, -0.1) is 0 Å². The third-order valence-electron chi connectivity index (χ3n) is 5.01. The summed E-state index contributed by atoms with van der Waals surface area (Å²) in [6, 6.07) is 8.05. The smallest absolute Gasteiger partial charge is 0.220 e. The lowest BCUT2D eigenvalue weighted by Crippen LogP contribution is -2.37. The summed E-state index contributed by atoms with van der Waals surface area (Å²) < 4.78 is 10.6. The number of para-hydroxylation sites is 1. The molecule has 1 N–H and O–H groups in total. The molecular weight excluding hydrogens is 330 g/mol. The number of nitrogens with one attached hydrogen (secondary N) is 1. The van der Waals surface area contributed by atoms with E-state index in [1.165, 1.54) is 0 Å². The van der Waals surface area contributed by atoms with Gasteiger partial charge in [0.05, 0.1) is 12.8 Å². The van der Waals surface area contributed by atoms with Gasteiger partial charge in [0.2, 0.25) is 5.91 Å². The van der Waals surface area contributed by atoms with E-state index < -0.39 is 0 Å². The van der Waals surface area contributed by atoms with Crippen molar-refractivity contribution in [2.24, 2.45) is 0 Å². The molecular formula is C20H27N3O3. The summed E-state index contributed by atoms with van der Waals surface area (Å²) >= 11 is 0. The molecule has 26 heavy (non-hydrogen) atoms. The van der Waals surface area contributed by atoms with Crippen molar-refractivity contribution in [2.75, 3.05) is 20.2 Å². The summed E-state index contributed by atoms with van der Waals surface area (Å²) in [7, 11) is 1.66. The molecule has 0 spiro atoms. The van der Waals surface area contributed by atoms with Gasteiger partial charge in [0.1, 0.15) is 11.5 Å². The number of ether oxygens (including phenoxy) is 1. The van der Waals surface area contributed by atoms with Crippen molar-refractivity contribution >= 4 is 5.91 Å². The highest BCUT2D eigenvalue weighted by molar-refractivity contribution is 5.76. The van der Waals surface area contributed by atoms with E-state index >= 15 is 0 Å². The van der Waals surface area contributed by atoms with E-state index in [1.54, 1.807) is 7.11 Å².